The van der Waals surface area contributed by atoms with Gasteiger partial charge in [0.1, 0.15) is 0 Å². The van der Waals surface area contributed by atoms with Gasteiger partial charge in [-0.1, -0.05) is 6.58 Å². The standard InChI is InChI=1S/C4H6O2.C2H4.CH4N2O/c1-3(2)4(5)6;1-2;2-1(3)4/h1H2,2H3,(H,5,6);1-2H2;(H4,2,3,4). The van der Waals surface area contributed by atoms with Gasteiger partial charge in [0.25, 0.3) is 0 Å². The van der Waals surface area contributed by atoms with Crippen LogP contribution < -0.4 is 11.5 Å². The lowest BCUT2D eigenvalue weighted by atomic mass is 10.4. The summed E-state index contributed by atoms with van der Waals surface area (Å²) in [6, 6.07) is -0.833. The molecule has 0 saturated carbocycles. The molecule has 5 N–H and O–H groups in total. The van der Waals surface area contributed by atoms with E-state index in [2.05, 4.69) is 31.2 Å². The van der Waals surface area contributed by atoms with Gasteiger partial charge in [-0.15, -0.1) is 13.2 Å². The summed E-state index contributed by atoms with van der Waals surface area (Å²) < 4.78 is 0. The molecule has 0 fully saturated rings. The topological polar surface area (TPSA) is 106 Å². The normalized spacial score (nSPS) is 6.08. The predicted octanol–water partition coefficient (Wildman–Crippen LogP) is 0.473. The number of rotatable bonds is 1. The molecular formula is C7H14N2O3. The number of carbonyl (C=O) groups excluding carboxylic acids is 1. The number of primary amides is 2. The number of carboxylic acids is 1. The third-order valence-corrected chi connectivity index (χ3v) is 0.365. The summed E-state index contributed by atoms with van der Waals surface area (Å²) in [6.07, 6.45) is 0. The average Bonchev–Trinajstić information content (AvgIpc) is 1.90. The monoisotopic (exact) mass is 174 g/mol. The highest BCUT2D eigenvalue weighted by molar-refractivity contribution is 5.84. The van der Waals surface area contributed by atoms with Crippen molar-refractivity contribution in [2.45, 2.75) is 6.92 Å². The van der Waals surface area contributed by atoms with E-state index in [1.807, 2.05) is 0 Å². The molecule has 0 heterocycles. The highest BCUT2D eigenvalue weighted by Crippen LogP contribution is 1.81. The number of amides is 2. The highest BCUT2D eigenvalue weighted by atomic mass is 16.4. The quantitative estimate of drug-likeness (QED) is 0.397. The molecular weight excluding hydrogens is 160 g/mol. The fraction of sp³-hybridized carbons (Fsp3) is 0.143. The molecule has 0 aliphatic carbocycles. The lowest BCUT2D eigenvalue weighted by Gasteiger charge is -1.79. The largest absolute Gasteiger partial charge is 0.478 e. The molecule has 0 aromatic carbocycles. The van der Waals surface area contributed by atoms with E-state index in [0.29, 0.717) is 0 Å². The fourth-order valence-electron chi connectivity index (χ4n) is 0. The third kappa shape index (κ3) is 86.9. The van der Waals surface area contributed by atoms with Gasteiger partial charge in [0, 0.05) is 5.57 Å². The first-order chi connectivity index (χ1) is 5.37. The van der Waals surface area contributed by atoms with E-state index in [-0.39, 0.29) is 5.57 Å². The number of aliphatic carboxylic acids is 1. The Labute approximate surface area is 71.4 Å². The van der Waals surface area contributed by atoms with Crippen molar-refractivity contribution < 1.29 is 14.7 Å². The molecule has 5 heteroatoms. The average molecular weight is 174 g/mol. The van der Waals surface area contributed by atoms with Gasteiger partial charge in [-0.25, -0.2) is 9.59 Å². The van der Waals surface area contributed by atoms with Crippen molar-refractivity contribution >= 4 is 12.0 Å². The Morgan fingerprint density at radius 3 is 1.33 bits per heavy atom. The van der Waals surface area contributed by atoms with Crippen molar-refractivity contribution in [1.82, 2.24) is 0 Å². The number of carbonyl (C=O) groups is 2. The molecule has 0 bridgehead atoms. The van der Waals surface area contributed by atoms with Crippen molar-refractivity contribution in [3.8, 4) is 0 Å². The number of carboxylic acid groups (broad SMARTS) is 1. The maximum Gasteiger partial charge on any atom is 0.330 e. The van der Waals surface area contributed by atoms with E-state index in [9.17, 15) is 4.79 Å². The summed E-state index contributed by atoms with van der Waals surface area (Å²) in [5.41, 5.74) is 8.68. The summed E-state index contributed by atoms with van der Waals surface area (Å²) in [5, 5.41) is 7.89. The van der Waals surface area contributed by atoms with Crippen LogP contribution in [0.3, 0.4) is 0 Å². The molecule has 0 aromatic heterocycles. The summed E-state index contributed by atoms with van der Waals surface area (Å²) in [4.78, 5) is 18.6. The summed E-state index contributed by atoms with van der Waals surface area (Å²) in [5.74, 6) is -0.935. The third-order valence-electron chi connectivity index (χ3n) is 0.365. The molecule has 5 nitrogen and oxygen atoms in total. The Kier molecular flexibility index (Phi) is 16.6. The van der Waals surface area contributed by atoms with Crippen molar-refractivity contribution in [3.63, 3.8) is 0 Å². The van der Waals surface area contributed by atoms with Gasteiger partial charge >= 0.3 is 12.0 Å². The Hall–Kier alpha value is -1.78. The molecule has 12 heavy (non-hydrogen) atoms. The van der Waals surface area contributed by atoms with E-state index in [1.165, 1.54) is 6.92 Å². The maximum atomic E-state index is 9.60. The second-order valence-corrected chi connectivity index (χ2v) is 1.49. The Balaban J connectivity index is -0.000000118. The summed E-state index contributed by atoms with van der Waals surface area (Å²) in [7, 11) is 0. The molecule has 0 unspecified atom stereocenters. The molecule has 0 aromatic rings. The van der Waals surface area contributed by atoms with Gasteiger partial charge in [0.2, 0.25) is 0 Å². The van der Waals surface area contributed by atoms with Crippen molar-refractivity contribution in [2.75, 3.05) is 0 Å². The zero-order valence-corrected chi connectivity index (χ0v) is 7.04. The van der Waals surface area contributed by atoms with E-state index >= 15 is 0 Å². The van der Waals surface area contributed by atoms with Crippen molar-refractivity contribution in [2.24, 2.45) is 11.5 Å². The second kappa shape index (κ2) is 12.0. The van der Waals surface area contributed by atoms with E-state index in [1.54, 1.807) is 0 Å². The van der Waals surface area contributed by atoms with E-state index < -0.39 is 12.0 Å². The summed E-state index contributed by atoms with van der Waals surface area (Å²) >= 11 is 0. The molecule has 0 rings (SSSR count). The first kappa shape index (κ1) is 16.7. The minimum absolute atomic E-state index is 0.176. The first-order valence-electron chi connectivity index (χ1n) is 2.81. The lowest BCUT2D eigenvalue weighted by molar-refractivity contribution is -0.132. The highest BCUT2D eigenvalue weighted by Gasteiger charge is 1.90. The second-order valence-electron chi connectivity index (χ2n) is 1.49. The smallest absolute Gasteiger partial charge is 0.330 e. The number of urea groups is 1. The lowest BCUT2D eigenvalue weighted by Crippen LogP contribution is -2.18. The molecule has 0 aliphatic rings. The molecule has 70 valence electrons. The number of hydrogen-bond acceptors (Lipinski definition) is 2. The maximum absolute atomic E-state index is 9.60. The van der Waals surface area contributed by atoms with Crippen LogP contribution in [0, 0.1) is 0 Å². The van der Waals surface area contributed by atoms with Crippen LogP contribution in [-0.4, -0.2) is 17.1 Å². The van der Waals surface area contributed by atoms with Crippen LogP contribution in [0.15, 0.2) is 25.3 Å². The fourth-order valence-corrected chi connectivity index (χ4v) is 0. The SMILES string of the molecule is C=C.C=C(C)C(=O)O.NC(N)=O. The predicted molar refractivity (Wildman–Crippen MR) is 47.5 cm³/mol. The van der Waals surface area contributed by atoms with Gasteiger partial charge in [0.15, 0.2) is 0 Å². The Morgan fingerprint density at radius 1 is 1.25 bits per heavy atom. The van der Waals surface area contributed by atoms with Crippen LogP contribution in [0.5, 0.6) is 0 Å². The van der Waals surface area contributed by atoms with Gasteiger partial charge in [0.05, 0.1) is 0 Å². The van der Waals surface area contributed by atoms with Crippen LogP contribution in [0.4, 0.5) is 4.79 Å². The molecule has 0 radical (unpaired) electrons. The van der Waals surface area contributed by atoms with E-state index in [4.69, 9.17) is 9.90 Å². The van der Waals surface area contributed by atoms with Crippen molar-refractivity contribution in [3.05, 3.63) is 25.3 Å². The molecule has 2 amide bonds. The molecule has 0 atom stereocenters. The number of hydrogen-bond donors (Lipinski definition) is 3. The van der Waals surface area contributed by atoms with Crippen LogP contribution in [-0.2, 0) is 4.79 Å². The minimum Gasteiger partial charge on any atom is -0.478 e. The first-order valence-corrected chi connectivity index (χ1v) is 2.81. The Bertz CT molecular complexity index is 150. The van der Waals surface area contributed by atoms with Crippen LogP contribution in [0.25, 0.3) is 0 Å². The molecule has 0 spiro atoms. The Morgan fingerprint density at radius 2 is 1.33 bits per heavy atom. The zero-order chi connectivity index (χ0) is 10.7. The minimum atomic E-state index is -0.935. The molecule has 0 aliphatic heterocycles. The van der Waals surface area contributed by atoms with Crippen LogP contribution in [0.2, 0.25) is 0 Å². The van der Waals surface area contributed by atoms with Crippen molar-refractivity contribution in [1.29, 1.82) is 0 Å². The van der Waals surface area contributed by atoms with Gasteiger partial charge in [-0.2, -0.15) is 0 Å². The van der Waals surface area contributed by atoms with Crippen LogP contribution in [0.1, 0.15) is 6.92 Å². The van der Waals surface area contributed by atoms with Gasteiger partial charge in [-0.05, 0) is 6.92 Å². The van der Waals surface area contributed by atoms with Gasteiger partial charge in [-0.3, -0.25) is 0 Å². The number of nitrogens with two attached hydrogens (primary N) is 2. The van der Waals surface area contributed by atoms with E-state index in [0.717, 1.165) is 0 Å². The van der Waals surface area contributed by atoms with Gasteiger partial charge < -0.3 is 16.6 Å². The summed E-state index contributed by atoms with van der Waals surface area (Å²) in [6.45, 7) is 10.6. The van der Waals surface area contributed by atoms with Crippen LogP contribution >= 0.6 is 0 Å². The zero-order valence-electron chi connectivity index (χ0n) is 7.04. The molecule has 0 saturated heterocycles.